The number of rotatable bonds is 8. The third kappa shape index (κ3) is 4.94. The van der Waals surface area contributed by atoms with E-state index in [1.54, 1.807) is 6.92 Å². The molecule has 0 aliphatic rings. The molecule has 0 radical (unpaired) electrons. The first-order valence-electron chi connectivity index (χ1n) is 8.85. The summed E-state index contributed by atoms with van der Waals surface area (Å²) in [6.45, 7) is 3.65. The molecule has 3 N–H and O–H groups in total. The number of nitrogens with zero attached hydrogens (tertiary/aromatic N) is 1. The Hall–Kier alpha value is -2.75. The summed E-state index contributed by atoms with van der Waals surface area (Å²) in [4.78, 5) is 23.9. The van der Waals surface area contributed by atoms with Gasteiger partial charge in [-0.05, 0) is 43.7 Å². The summed E-state index contributed by atoms with van der Waals surface area (Å²) in [5, 5.41) is 12.0. The van der Waals surface area contributed by atoms with Gasteiger partial charge in [-0.1, -0.05) is 24.6 Å². The van der Waals surface area contributed by atoms with Crippen LogP contribution in [-0.2, 0) is 4.79 Å². The van der Waals surface area contributed by atoms with Crippen LogP contribution in [0.15, 0.2) is 36.4 Å². The van der Waals surface area contributed by atoms with Crippen molar-refractivity contribution in [1.29, 1.82) is 5.26 Å². The number of ketones is 1. The van der Waals surface area contributed by atoms with E-state index in [4.69, 9.17) is 22.6 Å². The molecule has 0 spiro atoms. The fourth-order valence-electron chi connectivity index (χ4n) is 3.02. The Balaban J connectivity index is 0.00000420. The van der Waals surface area contributed by atoms with Gasteiger partial charge in [0.25, 0.3) is 0 Å². The summed E-state index contributed by atoms with van der Waals surface area (Å²) in [6, 6.07) is 10.2. The number of nitriles is 1. The van der Waals surface area contributed by atoms with Crippen LogP contribution in [0, 0.1) is 17.1 Å². The summed E-state index contributed by atoms with van der Waals surface area (Å²) in [5.41, 5.74) is 5.92. The number of primary amides is 1. The highest BCUT2D eigenvalue weighted by Crippen LogP contribution is 2.30. The summed E-state index contributed by atoms with van der Waals surface area (Å²) in [5.74, 6) is -1.72. The predicted octanol–water partition coefficient (Wildman–Crippen LogP) is 4.38. The van der Waals surface area contributed by atoms with Gasteiger partial charge in [0.2, 0.25) is 5.91 Å². The molecular weight excluding hydrogens is 381 g/mol. The molecule has 2 aromatic carbocycles. The second-order valence-electron chi connectivity index (χ2n) is 6.54. The van der Waals surface area contributed by atoms with Gasteiger partial charge in [-0.3, -0.25) is 9.59 Å². The van der Waals surface area contributed by atoms with Gasteiger partial charge in [-0.25, -0.2) is 4.39 Å². The molecule has 5 nitrogen and oxygen atoms in total. The summed E-state index contributed by atoms with van der Waals surface area (Å²) >= 11 is 6.13. The number of amides is 1. The maximum Gasteiger partial charge on any atom is 0.218 e. The summed E-state index contributed by atoms with van der Waals surface area (Å²) in [6.07, 6.45) is 0.648. The van der Waals surface area contributed by atoms with E-state index in [2.05, 4.69) is 5.32 Å². The number of carbonyl (C=O) groups is 2. The maximum absolute atomic E-state index is 15.3. The van der Waals surface area contributed by atoms with Crippen molar-refractivity contribution in [2.75, 3.05) is 0 Å². The average Bonchev–Trinajstić information content (AvgIpc) is 2.66. The number of hydrogen-bond acceptors (Lipinski definition) is 4. The fraction of sp³-hybridized carbons (Fsp3) is 0.286. The van der Waals surface area contributed by atoms with Crippen LogP contribution in [0.3, 0.4) is 0 Å². The molecule has 0 saturated carbocycles. The number of benzene rings is 2. The second-order valence-corrected chi connectivity index (χ2v) is 6.95. The molecule has 2 atom stereocenters. The van der Waals surface area contributed by atoms with Crippen molar-refractivity contribution in [1.82, 2.24) is 5.32 Å². The first kappa shape index (κ1) is 21.5. The highest BCUT2D eigenvalue weighted by atomic mass is 35.5. The average molecular weight is 406 g/mol. The predicted molar refractivity (Wildman–Crippen MR) is 110 cm³/mol. The molecule has 0 saturated heterocycles. The van der Waals surface area contributed by atoms with Gasteiger partial charge in [0, 0.05) is 32.5 Å². The monoisotopic (exact) mass is 405 g/mol. The van der Waals surface area contributed by atoms with Crippen LogP contribution < -0.4 is 11.1 Å². The van der Waals surface area contributed by atoms with E-state index in [1.165, 1.54) is 36.4 Å². The third-order valence-electron chi connectivity index (χ3n) is 4.40. The van der Waals surface area contributed by atoms with Crippen molar-refractivity contribution in [3.63, 3.8) is 0 Å². The number of halogens is 2. The van der Waals surface area contributed by atoms with Gasteiger partial charge in [0.1, 0.15) is 5.82 Å². The van der Waals surface area contributed by atoms with Crippen molar-refractivity contribution in [3.05, 3.63) is 69.5 Å². The van der Waals surface area contributed by atoms with Crippen LogP contribution in [0.1, 0.15) is 62.6 Å². The number of hydrogen-bond donors (Lipinski definition) is 2. The summed E-state index contributed by atoms with van der Waals surface area (Å²) in [7, 11) is 0. The van der Waals surface area contributed by atoms with Gasteiger partial charge in [-0.2, -0.15) is 5.26 Å². The van der Waals surface area contributed by atoms with Crippen molar-refractivity contribution >= 4 is 23.3 Å². The van der Waals surface area contributed by atoms with E-state index < -0.39 is 23.5 Å². The molecule has 2 aromatic rings. The molecule has 0 aliphatic heterocycles. The lowest BCUT2D eigenvalue weighted by Gasteiger charge is -2.23. The van der Waals surface area contributed by atoms with Crippen LogP contribution in [0.4, 0.5) is 4.39 Å². The van der Waals surface area contributed by atoms with Gasteiger partial charge in [0.05, 0.1) is 22.2 Å². The van der Waals surface area contributed by atoms with Crippen LogP contribution in [0.2, 0.25) is 5.02 Å². The van der Waals surface area contributed by atoms with Crippen molar-refractivity contribution in [2.45, 2.75) is 38.8 Å². The van der Waals surface area contributed by atoms with Crippen molar-refractivity contribution in [2.24, 2.45) is 5.73 Å². The molecule has 150 valence electrons. The lowest BCUT2D eigenvalue weighted by Crippen LogP contribution is -2.34. The molecule has 1 amide bonds. The van der Waals surface area contributed by atoms with E-state index in [1.807, 2.05) is 13.0 Å². The molecular formula is C21H25ClFN3O2. The topological polar surface area (TPSA) is 96.0 Å². The quantitative estimate of drug-likeness (QED) is 0.637. The van der Waals surface area contributed by atoms with Crippen molar-refractivity contribution in [3.8, 4) is 6.07 Å². The molecule has 2 rings (SSSR count). The lowest BCUT2D eigenvalue weighted by atomic mass is 9.95. The molecule has 0 unspecified atom stereocenters. The Bertz CT molecular complexity index is 933. The molecule has 0 fully saturated rings. The Labute approximate surface area is 171 Å². The molecule has 0 aliphatic carbocycles. The Morgan fingerprint density at radius 1 is 1.29 bits per heavy atom. The van der Waals surface area contributed by atoms with Gasteiger partial charge in [-0.15, -0.1) is 0 Å². The molecule has 0 aromatic heterocycles. The lowest BCUT2D eigenvalue weighted by molar-refractivity contribution is -0.118. The van der Waals surface area contributed by atoms with Gasteiger partial charge < -0.3 is 11.1 Å². The minimum Gasteiger partial charge on any atom is -0.370 e. The van der Waals surface area contributed by atoms with E-state index >= 15 is 4.39 Å². The maximum atomic E-state index is 15.3. The Morgan fingerprint density at radius 2 is 1.93 bits per heavy atom. The second kappa shape index (κ2) is 9.45. The highest BCUT2D eigenvalue weighted by molar-refractivity contribution is 6.35. The Kier molecular flexibility index (Phi) is 7.27. The zero-order valence-electron chi connectivity index (χ0n) is 15.6. The highest BCUT2D eigenvalue weighted by Gasteiger charge is 2.25. The van der Waals surface area contributed by atoms with Gasteiger partial charge >= 0.3 is 0 Å². The SMILES string of the molecule is CC[C@@H](N[C@@H](C)CC(N)=O)c1ccc(Cl)c(C(=O)c2ccc(C#N)cc2)c1F.[HH].[HH]. The number of nitrogens with two attached hydrogens (primary N) is 1. The van der Waals surface area contributed by atoms with Crippen LogP contribution >= 0.6 is 11.6 Å². The minimum absolute atomic E-state index is 0. The fourth-order valence-corrected chi connectivity index (χ4v) is 3.25. The standard InChI is InChI=1S/C21H21ClFN3O2.2H2/c1-3-17(26-12(2)10-18(25)27)15-8-9-16(22)19(20(15)23)21(28)14-6-4-13(11-24)5-7-14;;/h4-9,12,17,26H,3,10H2,1-2H3,(H2,25,27);2*1H/t12-,17+;;/m0../s1. The molecule has 0 heterocycles. The van der Waals surface area contributed by atoms with Crippen LogP contribution in [-0.4, -0.2) is 17.7 Å². The van der Waals surface area contributed by atoms with E-state index in [-0.39, 0.29) is 31.5 Å². The van der Waals surface area contributed by atoms with Gasteiger partial charge in [0.15, 0.2) is 5.78 Å². The third-order valence-corrected chi connectivity index (χ3v) is 4.72. The first-order chi connectivity index (χ1) is 13.3. The largest absolute Gasteiger partial charge is 0.370 e. The van der Waals surface area contributed by atoms with Crippen LogP contribution in [0.25, 0.3) is 0 Å². The normalized spacial score (nSPS) is 12.8. The summed E-state index contributed by atoms with van der Waals surface area (Å²) < 4.78 is 15.3. The zero-order valence-corrected chi connectivity index (χ0v) is 16.4. The van der Waals surface area contributed by atoms with E-state index in [0.717, 1.165) is 0 Å². The number of nitrogens with one attached hydrogen (secondary N) is 1. The first-order valence-corrected chi connectivity index (χ1v) is 9.23. The molecule has 7 heteroatoms. The van der Waals surface area contributed by atoms with Crippen molar-refractivity contribution < 1.29 is 16.8 Å². The smallest absolute Gasteiger partial charge is 0.218 e. The van der Waals surface area contributed by atoms with Crippen LogP contribution in [0.5, 0.6) is 0 Å². The molecule has 28 heavy (non-hydrogen) atoms. The van der Waals surface area contributed by atoms with E-state index in [0.29, 0.717) is 17.5 Å². The minimum atomic E-state index is -0.701. The number of carbonyl (C=O) groups excluding carboxylic acids is 2. The Morgan fingerprint density at radius 3 is 2.46 bits per heavy atom. The molecule has 0 bridgehead atoms. The zero-order chi connectivity index (χ0) is 20.8. The van der Waals surface area contributed by atoms with E-state index in [9.17, 15) is 9.59 Å².